The Balaban J connectivity index is 2.18. The van der Waals surface area contributed by atoms with Gasteiger partial charge in [0.05, 0.1) is 0 Å². The molecular weight excluding hydrogens is 192 g/mol. The van der Waals surface area contributed by atoms with E-state index in [2.05, 4.69) is 57.2 Å². The molecule has 1 rings (SSSR count). The molecule has 0 fully saturated rings. The van der Waals surface area contributed by atoms with E-state index in [1.165, 1.54) is 36.8 Å². The summed E-state index contributed by atoms with van der Waals surface area (Å²) in [6, 6.07) is 10.8. The second kappa shape index (κ2) is 7.27. The van der Waals surface area contributed by atoms with Crippen molar-refractivity contribution in [2.75, 3.05) is 0 Å². The monoisotopic (exact) mass is 216 g/mol. The molecule has 0 bridgehead atoms. The molecule has 1 aromatic carbocycles. The Kier molecular flexibility index (Phi) is 5.92. The van der Waals surface area contributed by atoms with Crippen molar-refractivity contribution in [3.63, 3.8) is 0 Å². The number of hydrogen-bond donors (Lipinski definition) is 0. The Hall–Kier alpha value is -1.04. The van der Waals surface area contributed by atoms with E-state index in [1.54, 1.807) is 0 Å². The van der Waals surface area contributed by atoms with Crippen LogP contribution in [0.4, 0.5) is 0 Å². The average molecular weight is 216 g/mol. The van der Waals surface area contributed by atoms with Gasteiger partial charge in [0.1, 0.15) is 0 Å². The standard InChI is InChI=1S/C16H24/c1-14(2)12-13-15(3)8-7-11-16-9-5-4-6-10-16/h4-6,9-10,12,15H,7-8,11,13H2,1-3H3. The second-order valence-corrected chi connectivity index (χ2v) is 5.00. The normalized spacial score (nSPS) is 12.2. The van der Waals surface area contributed by atoms with Gasteiger partial charge < -0.3 is 0 Å². The summed E-state index contributed by atoms with van der Waals surface area (Å²) in [4.78, 5) is 0. The van der Waals surface area contributed by atoms with Gasteiger partial charge in [-0.3, -0.25) is 0 Å². The third kappa shape index (κ3) is 5.75. The van der Waals surface area contributed by atoms with Gasteiger partial charge in [-0.15, -0.1) is 0 Å². The van der Waals surface area contributed by atoms with Gasteiger partial charge in [-0.25, -0.2) is 0 Å². The highest BCUT2D eigenvalue weighted by molar-refractivity contribution is 5.14. The first-order valence-electron chi connectivity index (χ1n) is 6.36. The Labute approximate surface area is 100 Å². The van der Waals surface area contributed by atoms with Gasteiger partial charge in [0.2, 0.25) is 0 Å². The lowest BCUT2D eigenvalue weighted by Crippen LogP contribution is -1.95. The maximum Gasteiger partial charge on any atom is -0.0279 e. The fraction of sp³-hybridized carbons (Fsp3) is 0.500. The lowest BCUT2D eigenvalue weighted by molar-refractivity contribution is 0.515. The summed E-state index contributed by atoms with van der Waals surface area (Å²) in [5.41, 5.74) is 2.91. The number of hydrogen-bond acceptors (Lipinski definition) is 0. The van der Waals surface area contributed by atoms with Crippen molar-refractivity contribution in [3.8, 4) is 0 Å². The molecule has 0 heterocycles. The predicted molar refractivity (Wildman–Crippen MR) is 72.6 cm³/mol. The fourth-order valence-electron chi connectivity index (χ4n) is 1.85. The van der Waals surface area contributed by atoms with Crippen LogP contribution in [0.15, 0.2) is 42.0 Å². The Bertz CT molecular complexity index is 304. The zero-order valence-corrected chi connectivity index (χ0v) is 10.9. The maximum atomic E-state index is 2.35. The first kappa shape index (κ1) is 13.0. The van der Waals surface area contributed by atoms with E-state index in [0.29, 0.717) is 0 Å². The molecule has 0 nitrogen and oxygen atoms in total. The molecule has 0 aromatic heterocycles. The lowest BCUT2D eigenvalue weighted by atomic mass is 9.97. The van der Waals surface area contributed by atoms with Crippen LogP contribution in [0.5, 0.6) is 0 Å². The summed E-state index contributed by atoms with van der Waals surface area (Å²) in [6.45, 7) is 6.71. The van der Waals surface area contributed by atoms with Gasteiger partial charge in [-0.2, -0.15) is 0 Å². The number of benzene rings is 1. The summed E-state index contributed by atoms with van der Waals surface area (Å²) >= 11 is 0. The molecule has 1 aromatic rings. The molecule has 0 radical (unpaired) electrons. The van der Waals surface area contributed by atoms with Crippen LogP contribution in [0.1, 0.15) is 45.6 Å². The summed E-state index contributed by atoms with van der Waals surface area (Å²) in [5.74, 6) is 0.818. The van der Waals surface area contributed by atoms with E-state index in [4.69, 9.17) is 0 Å². The van der Waals surface area contributed by atoms with Crippen molar-refractivity contribution in [3.05, 3.63) is 47.5 Å². The molecule has 0 spiro atoms. The van der Waals surface area contributed by atoms with Crippen LogP contribution in [-0.2, 0) is 6.42 Å². The molecular formula is C16H24. The number of rotatable bonds is 6. The van der Waals surface area contributed by atoms with E-state index in [0.717, 1.165) is 5.92 Å². The van der Waals surface area contributed by atoms with Gasteiger partial charge in [0, 0.05) is 0 Å². The molecule has 0 heteroatoms. The molecule has 0 aliphatic rings. The van der Waals surface area contributed by atoms with Crippen LogP contribution in [0.25, 0.3) is 0 Å². The molecule has 0 aliphatic carbocycles. The highest BCUT2D eigenvalue weighted by Crippen LogP contribution is 2.14. The molecule has 0 amide bonds. The van der Waals surface area contributed by atoms with Crippen LogP contribution in [-0.4, -0.2) is 0 Å². The Morgan fingerprint density at radius 2 is 1.88 bits per heavy atom. The van der Waals surface area contributed by atoms with Crippen molar-refractivity contribution in [2.45, 2.75) is 46.5 Å². The van der Waals surface area contributed by atoms with E-state index in [1.807, 2.05) is 0 Å². The summed E-state index contributed by atoms with van der Waals surface area (Å²) in [6.07, 6.45) is 7.45. The minimum absolute atomic E-state index is 0.818. The number of allylic oxidation sites excluding steroid dienone is 2. The minimum Gasteiger partial charge on any atom is -0.0856 e. The van der Waals surface area contributed by atoms with Crippen molar-refractivity contribution in [1.29, 1.82) is 0 Å². The second-order valence-electron chi connectivity index (χ2n) is 5.00. The van der Waals surface area contributed by atoms with Crippen LogP contribution >= 0.6 is 0 Å². The molecule has 1 unspecified atom stereocenters. The Morgan fingerprint density at radius 1 is 1.19 bits per heavy atom. The average Bonchev–Trinajstić information content (AvgIpc) is 2.28. The SMILES string of the molecule is CC(C)=CCC(C)CCCc1ccccc1. The number of aryl methyl sites for hydroxylation is 1. The largest absolute Gasteiger partial charge is 0.0856 e. The fourth-order valence-corrected chi connectivity index (χ4v) is 1.85. The lowest BCUT2D eigenvalue weighted by Gasteiger charge is -2.08. The van der Waals surface area contributed by atoms with Gasteiger partial charge >= 0.3 is 0 Å². The van der Waals surface area contributed by atoms with Crippen LogP contribution in [0.2, 0.25) is 0 Å². The molecule has 0 saturated heterocycles. The van der Waals surface area contributed by atoms with Gasteiger partial charge in [0.25, 0.3) is 0 Å². The van der Waals surface area contributed by atoms with Gasteiger partial charge in [0.15, 0.2) is 0 Å². The van der Waals surface area contributed by atoms with Crippen molar-refractivity contribution in [2.24, 2.45) is 5.92 Å². The predicted octanol–water partition coefficient (Wildman–Crippen LogP) is 5.00. The third-order valence-electron chi connectivity index (χ3n) is 2.93. The topological polar surface area (TPSA) is 0 Å². The third-order valence-corrected chi connectivity index (χ3v) is 2.93. The minimum atomic E-state index is 0.818. The van der Waals surface area contributed by atoms with Gasteiger partial charge in [-0.1, -0.05) is 55.3 Å². The smallest absolute Gasteiger partial charge is 0.0279 e. The zero-order chi connectivity index (χ0) is 11.8. The zero-order valence-electron chi connectivity index (χ0n) is 10.9. The molecule has 88 valence electrons. The highest BCUT2D eigenvalue weighted by Gasteiger charge is 2.00. The summed E-state index contributed by atoms with van der Waals surface area (Å²) < 4.78 is 0. The molecule has 1 atom stereocenters. The quantitative estimate of drug-likeness (QED) is 0.587. The molecule has 0 N–H and O–H groups in total. The van der Waals surface area contributed by atoms with Crippen molar-refractivity contribution < 1.29 is 0 Å². The molecule has 16 heavy (non-hydrogen) atoms. The van der Waals surface area contributed by atoms with E-state index < -0.39 is 0 Å². The van der Waals surface area contributed by atoms with E-state index in [9.17, 15) is 0 Å². The van der Waals surface area contributed by atoms with Crippen molar-refractivity contribution >= 4 is 0 Å². The molecule has 0 saturated carbocycles. The first-order chi connectivity index (χ1) is 7.68. The summed E-state index contributed by atoms with van der Waals surface area (Å²) in [5, 5.41) is 0. The Morgan fingerprint density at radius 3 is 2.50 bits per heavy atom. The van der Waals surface area contributed by atoms with Crippen LogP contribution in [0.3, 0.4) is 0 Å². The van der Waals surface area contributed by atoms with E-state index in [-0.39, 0.29) is 0 Å². The summed E-state index contributed by atoms with van der Waals surface area (Å²) in [7, 11) is 0. The van der Waals surface area contributed by atoms with Gasteiger partial charge in [-0.05, 0) is 44.6 Å². The van der Waals surface area contributed by atoms with Crippen molar-refractivity contribution in [1.82, 2.24) is 0 Å². The van der Waals surface area contributed by atoms with E-state index >= 15 is 0 Å². The van der Waals surface area contributed by atoms with Crippen LogP contribution in [0, 0.1) is 5.92 Å². The first-order valence-corrected chi connectivity index (χ1v) is 6.36. The highest BCUT2D eigenvalue weighted by atomic mass is 14.1. The van der Waals surface area contributed by atoms with Crippen LogP contribution < -0.4 is 0 Å². The maximum absolute atomic E-state index is 2.35. The molecule has 0 aliphatic heterocycles.